The lowest BCUT2D eigenvalue weighted by atomic mass is 10.00. The molecule has 2 fully saturated rings. The van der Waals surface area contributed by atoms with E-state index in [0.29, 0.717) is 17.6 Å². The first-order valence-electron chi connectivity index (χ1n) is 10.4. The van der Waals surface area contributed by atoms with Crippen LogP contribution in [0.15, 0.2) is 50.2 Å². The van der Waals surface area contributed by atoms with Gasteiger partial charge in [0.25, 0.3) is 5.91 Å². The van der Waals surface area contributed by atoms with Crippen LogP contribution in [0.4, 0.5) is 0 Å². The molecule has 2 aliphatic heterocycles. The van der Waals surface area contributed by atoms with E-state index in [-0.39, 0.29) is 11.7 Å². The van der Waals surface area contributed by atoms with Crippen molar-refractivity contribution in [2.45, 2.75) is 48.8 Å². The van der Waals surface area contributed by atoms with Crippen LogP contribution in [0.25, 0.3) is 0 Å². The van der Waals surface area contributed by atoms with Crippen molar-refractivity contribution in [1.29, 1.82) is 0 Å². The molecule has 0 bridgehead atoms. The molecule has 2 saturated heterocycles. The summed E-state index contributed by atoms with van der Waals surface area (Å²) in [5, 5.41) is 0. The van der Waals surface area contributed by atoms with Gasteiger partial charge in [-0.1, -0.05) is 22.4 Å². The molecule has 2 aromatic rings. The molecular weight excluding hydrogens is 452 g/mol. The quantitative estimate of drug-likeness (QED) is 0.637. The molecule has 7 heteroatoms. The Morgan fingerprint density at radius 1 is 1.00 bits per heavy atom. The van der Waals surface area contributed by atoms with Crippen molar-refractivity contribution in [2.24, 2.45) is 0 Å². The molecule has 0 N–H and O–H groups in total. The molecule has 1 unspecified atom stereocenters. The Morgan fingerprint density at radius 3 is 2.38 bits per heavy atom. The molecule has 0 aliphatic carbocycles. The second kappa shape index (κ2) is 9.58. The van der Waals surface area contributed by atoms with E-state index in [1.807, 2.05) is 29.2 Å². The number of piperidine rings is 2. The fraction of sp³-hybridized carbons (Fsp3) is 0.500. The van der Waals surface area contributed by atoms with Crippen molar-refractivity contribution in [3.05, 3.63) is 52.4 Å². The van der Waals surface area contributed by atoms with Gasteiger partial charge >= 0.3 is 0 Å². The zero-order valence-electron chi connectivity index (χ0n) is 16.5. The second-order valence-corrected chi connectivity index (χ2v) is 10.2. The molecule has 0 spiro atoms. The monoisotopic (exact) mass is 478 g/mol. The predicted molar refractivity (Wildman–Crippen MR) is 117 cm³/mol. The molecule has 1 aromatic heterocycles. The number of carbonyl (C=O) groups is 1. The minimum atomic E-state index is -1.20. The first-order valence-corrected chi connectivity index (χ1v) is 12.5. The lowest BCUT2D eigenvalue weighted by Gasteiger charge is -2.40. The van der Waals surface area contributed by atoms with E-state index in [0.717, 1.165) is 35.3 Å². The van der Waals surface area contributed by atoms with Crippen molar-refractivity contribution in [3.63, 3.8) is 0 Å². The van der Waals surface area contributed by atoms with E-state index in [1.54, 1.807) is 12.1 Å². The lowest BCUT2D eigenvalue weighted by Crippen LogP contribution is -2.48. The van der Waals surface area contributed by atoms with Crippen molar-refractivity contribution in [1.82, 2.24) is 9.80 Å². The standard InChI is InChI=1S/C22H27BrN2O3S/c23-17-4-7-20(8-5-17)29(27)16-19-6-9-21(28-19)22(26)25-14-10-18(11-15-25)24-12-2-1-3-13-24/h4-9,18H,1-3,10-16H2. The van der Waals surface area contributed by atoms with Gasteiger partial charge in [-0.2, -0.15) is 0 Å². The van der Waals surface area contributed by atoms with Gasteiger partial charge in [-0.25, -0.2) is 0 Å². The highest BCUT2D eigenvalue weighted by atomic mass is 79.9. The van der Waals surface area contributed by atoms with Crippen LogP contribution in [0.2, 0.25) is 0 Å². The summed E-state index contributed by atoms with van der Waals surface area (Å²) in [5.41, 5.74) is 0. The Morgan fingerprint density at radius 2 is 1.69 bits per heavy atom. The highest BCUT2D eigenvalue weighted by Crippen LogP contribution is 2.23. The Hall–Kier alpha value is -1.44. The van der Waals surface area contributed by atoms with Crippen molar-refractivity contribution in [3.8, 4) is 0 Å². The van der Waals surface area contributed by atoms with Gasteiger partial charge in [0.1, 0.15) is 5.76 Å². The van der Waals surface area contributed by atoms with Crippen LogP contribution < -0.4 is 0 Å². The normalized spacial score (nSPS) is 20.0. The fourth-order valence-electron chi connectivity index (χ4n) is 4.24. The van der Waals surface area contributed by atoms with Crippen LogP contribution in [-0.2, 0) is 16.6 Å². The summed E-state index contributed by atoms with van der Waals surface area (Å²) < 4.78 is 19.2. The minimum absolute atomic E-state index is 0.0530. The Kier molecular flexibility index (Phi) is 6.88. The SMILES string of the molecule is O=C(c1ccc(CS(=O)c2ccc(Br)cc2)o1)N1CCC(N2CCCCC2)CC1. The van der Waals surface area contributed by atoms with Gasteiger partial charge in [-0.3, -0.25) is 9.00 Å². The number of carbonyl (C=O) groups excluding carboxylic acids is 1. The number of halogens is 1. The lowest BCUT2D eigenvalue weighted by molar-refractivity contribution is 0.0561. The van der Waals surface area contributed by atoms with E-state index < -0.39 is 10.8 Å². The molecule has 2 aliphatic rings. The van der Waals surface area contributed by atoms with E-state index in [9.17, 15) is 9.00 Å². The molecule has 29 heavy (non-hydrogen) atoms. The molecular formula is C22H27BrN2O3S. The number of hydrogen-bond acceptors (Lipinski definition) is 4. The maximum absolute atomic E-state index is 12.8. The van der Waals surface area contributed by atoms with Crippen LogP contribution in [0, 0.1) is 0 Å². The molecule has 1 atom stereocenters. The highest BCUT2D eigenvalue weighted by molar-refractivity contribution is 9.10. The van der Waals surface area contributed by atoms with Gasteiger partial charge in [0.2, 0.25) is 0 Å². The maximum Gasteiger partial charge on any atom is 0.289 e. The van der Waals surface area contributed by atoms with Gasteiger partial charge in [-0.05, 0) is 75.2 Å². The van der Waals surface area contributed by atoms with E-state index >= 15 is 0 Å². The molecule has 156 valence electrons. The van der Waals surface area contributed by atoms with Crippen LogP contribution >= 0.6 is 15.9 Å². The number of furan rings is 1. The number of benzene rings is 1. The molecule has 1 aromatic carbocycles. The average molecular weight is 479 g/mol. The molecule has 0 radical (unpaired) electrons. The Balaban J connectivity index is 1.31. The fourth-order valence-corrected chi connectivity index (χ4v) is 5.53. The topological polar surface area (TPSA) is 53.8 Å². The third-order valence-corrected chi connectivity index (χ3v) is 7.75. The number of likely N-dealkylation sites (tertiary alicyclic amines) is 2. The van der Waals surface area contributed by atoms with E-state index in [4.69, 9.17) is 4.42 Å². The van der Waals surface area contributed by atoms with Crippen molar-refractivity contribution < 1.29 is 13.4 Å². The third kappa shape index (κ3) is 5.19. The first-order chi connectivity index (χ1) is 14.1. The van der Waals surface area contributed by atoms with Gasteiger partial charge < -0.3 is 14.2 Å². The van der Waals surface area contributed by atoms with E-state index in [2.05, 4.69) is 20.8 Å². The van der Waals surface area contributed by atoms with Gasteiger partial charge in [0.05, 0.1) is 16.6 Å². The number of hydrogen-bond donors (Lipinski definition) is 0. The summed E-state index contributed by atoms with van der Waals surface area (Å²) in [6.07, 6.45) is 6.02. The van der Waals surface area contributed by atoms with Gasteiger partial charge in [0.15, 0.2) is 5.76 Å². The van der Waals surface area contributed by atoms with Crippen LogP contribution in [0.3, 0.4) is 0 Å². The van der Waals surface area contributed by atoms with Crippen LogP contribution in [0.5, 0.6) is 0 Å². The van der Waals surface area contributed by atoms with Crippen molar-refractivity contribution >= 4 is 32.6 Å². The molecule has 3 heterocycles. The zero-order valence-corrected chi connectivity index (χ0v) is 18.9. The summed E-state index contributed by atoms with van der Waals surface area (Å²) >= 11 is 3.38. The summed E-state index contributed by atoms with van der Waals surface area (Å²) in [7, 11) is -1.20. The Labute approximate surface area is 183 Å². The van der Waals surface area contributed by atoms with Crippen molar-refractivity contribution in [2.75, 3.05) is 26.2 Å². The average Bonchev–Trinajstić information content (AvgIpc) is 3.23. The number of rotatable bonds is 5. The van der Waals surface area contributed by atoms with Crippen LogP contribution in [0.1, 0.15) is 48.4 Å². The summed E-state index contributed by atoms with van der Waals surface area (Å²) in [4.78, 5) is 18.1. The minimum Gasteiger partial charge on any atom is -0.455 e. The molecule has 0 saturated carbocycles. The van der Waals surface area contributed by atoms with Gasteiger partial charge in [-0.15, -0.1) is 0 Å². The smallest absolute Gasteiger partial charge is 0.289 e. The molecule has 1 amide bonds. The van der Waals surface area contributed by atoms with E-state index in [1.165, 1.54) is 32.4 Å². The Bertz CT molecular complexity index is 853. The number of nitrogens with zero attached hydrogens (tertiary/aromatic N) is 2. The summed E-state index contributed by atoms with van der Waals surface area (Å²) in [6.45, 7) is 3.97. The molecule has 5 nitrogen and oxygen atoms in total. The second-order valence-electron chi connectivity index (χ2n) is 7.83. The highest BCUT2D eigenvalue weighted by Gasteiger charge is 2.29. The van der Waals surface area contributed by atoms with Gasteiger partial charge in [0, 0.05) is 28.5 Å². The predicted octanol–water partition coefficient (Wildman–Crippen LogP) is 4.44. The maximum atomic E-state index is 12.8. The summed E-state index contributed by atoms with van der Waals surface area (Å²) in [6, 6.07) is 11.5. The number of amides is 1. The summed E-state index contributed by atoms with van der Waals surface area (Å²) in [5.74, 6) is 1.15. The third-order valence-electron chi connectivity index (χ3n) is 5.88. The molecule has 4 rings (SSSR count). The first kappa shape index (κ1) is 20.8. The largest absolute Gasteiger partial charge is 0.455 e. The zero-order chi connectivity index (χ0) is 20.2. The van der Waals surface area contributed by atoms with Crippen LogP contribution in [-0.4, -0.2) is 52.1 Å².